The fraction of sp³-hybridized carbons (Fsp3) is 0.375. The van der Waals surface area contributed by atoms with E-state index in [0.29, 0.717) is 6.42 Å². The molecular formula is C16H18ClN3O. The zero-order chi connectivity index (χ0) is 14.7. The van der Waals surface area contributed by atoms with Crippen LogP contribution in [0.5, 0.6) is 0 Å². The number of aromatic nitrogens is 2. The highest BCUT2D eigenvalue weighted by molar-refractivity contribution is 6.30. The van der Waals surface area contributed by atoms with Crippen molar-refractivity contribution in [3.63, 3.8) is 0 Å². The summed E-state index contributed by atoms with van der Waals surface area (Å²) in [6.07, 6.45) is 5.95. The maximum atomic E-state index is 12.0. The van der Waals surface area contributed by atoms with E-state index in [2.05, 4.69) is 15.5 Å². The lowest BCUT2D eigenvalue weighted by Gasteiger charge is -2.22. The third kappa shape index (κ3) is 3.64. The lowest BCUT2D eigenvalue weighted by Crippen LogP contribution is -2.38. The third-order valence-electron chi connectivity index (χ3n) is 3.94. The Kier molecular flexibility index (Phi) is 4.25. The molecule has 1 aliphatic carbocycles. The van der Waals surface area contributed by atoms with E-state index in [4.69, 9.17) is 11.6 Å². The molecule has 1 aromatic carbocycles. The van der Waals surface area contributed by atoms with Crippen molar-refractivity contribution in [1.82, 2.24) is 15.5 Å². The SMILES string of the molecule is O=C(CCc1ccc(Cl)cc1)NC1CCc2cn[nH]c2C1. The summed E-state index contributed by atoms with van der Waals surface area (Å²) >= 11 is 5.85. The molecule has 0 spiro atoms. The van der Waals surface area contributed by atoms with Gasteiger partial charge in [-0.05, 0) is 42.5 Å². The Bertz CT molecular complexity index is 621. The molecule has 1 aliphatic rings. The largest absolute Gasteiger partial charge is 0.353 e. The fourth-order valence-corrected chi connectivity index (χ4v) is 2.87. The number of hydrogen-bond acceptors (Lipinski definition) is 2. The van der Waals surface area contributed by atoms with Gasteiger partial charge in [0.15, 0.2) is 0 Å². The quantitative estimate of drug-likeness (QED) is 0.912. The van der Waals surface area contributed by atoms with E-state index in [1.807, 2.05) is 30.5 Å². The van der Waals surface area contributed by atoms with E-state index in [-0.39, 0.29) is 11.9 Å². The predicted molar refractivity (Wildman–Crippen MR) is 82.3 cm³/mol. The van der Waals surface area contributed by atoms with E-state index in [0.717, 1.165) is 42.0 Å². The average molecular weight is 304 g/mol. The van der Waals surface area contributed by atoms with Crippen LogP contribution in [0.4, 0.5) is 0 Å². The van der Waals surface area contributed by atoms with Crippen LogP contribution >= 0.6 is 11.6 Å². The number of amides is 1. The number of H-pyrrole nitrogens is 1. The van der Waals surface area contributed by atoms with E-state index >= 15 is 0 Å². The third-order valence-corrected chi connectivity index (χ3v) is 4.19. The lowest BCUT2D eigenvalue weighted by molar-refractivity contribution is -0.121. The lowest BCUT2D eigenvalue weighted by atomic mass is 9.93. The van der Waals surface area contributed by atoms with Gasteiger partial charge in [0, 0.05) is 29.6 Å². The molecule has 0 aliphatic heterocycles. The van der Waals surface area contributed by atoms with E-state index < -0.39 is 0 Å². The van der Waals surface area contributed by atoms with Crippen LogP contribution in [0.25, 0.3) is 0 Å². The zero-order valence-corrected chi connectivity index (χ0v) is 12.5. The summed E-state index contributed by atoms with van der Waals surface area (Å²) in [4.78, 5) is 12.0. The van der Waals surface area contributed by atoms with Gasteiger partial charge in [0.25, 0.3) is 0 Å². The molecule has 0 saturated carbocycles. The second-order valence-corrected chi connectivity index (χ2v) is 5.94. The van der Waals surface area contributed by atoms with Gasteiger partial charge in [-0.3, -0.25) is 9.89 Å². The van der Waals surface area contributed by atoms with Crippen LogP contribution in [0, 0.1) is 0 Å². The van der Waals surface area contributed by atoms with Crippen LogP contribution in [0.3, 0.4) is 0 Å². The first-order valence-electron chi connectivity index (χ1n) is 7.25. The minimum atomic E-state index is 0.109. The van der Waals surface area contributed by atoms with Gasteiger partial charge in [-0.1, -0.05) is 23.7 Å². The number of rotatable bonds is 4. The Morgan fingerprint density at radius 2 is 2.19 bits per heavy atom. The van der Waals surface area contributed by atoms with Crippen LogP contribution in [0.1, 0.15) is 29.7 Å². The van der Waals surface area contributed by atoms with Gasteiger partial charge in [-0.15, -0.1) is 0 Å². The van der Waals surface area contributed by atoms with Gasteiger partial charge >= 0.3 is 0 Å². The second kappa shape index (κ2) is 6.31. The second-order valence-electron chi connectivity index (χ2n) is 5.51. The highest BCUT2D eigenvalue weighted by Gasteiger charge is 2.21. The molecule has 2 N–H and O–H groups in total. The van der Waals surface area contributed by atoms with Crippen molar-refractivity contribution in [3.8, 4) is 0 Å². The maximum absolute atomic E-state index is 12.0. The molecule has 21 heavy (non-hydrogen) atoms. The normalized spacial score (nSPS) is 17.3. The van der Waals surface area contributed by atoms with Crippen LogP contribution in [0.15, 0.2) is 30.5 Å². The number of nitrogens with zero attached hydrogens (tertiary/aromatic N) is 1. The minimum absolute atomic E-state index is 0.109. The number of aryl methyl sites for hydroxylation is 2. The van der Waals surface area contributed by atoms with E-state index in [1.165, 1.54) is 5.56 Å². The van der Waals surface area contributed by atoms with Crippen LogP contribution in [-0.4, -0.2) is 22.1 Å². The van der Waals surface area contributed by atoms with Crippen LogP contribution in [0.2, 0.25) is 5.02 Å². The summed E-state index contributed by atoms with van der Waals surface area (Å²) in [6, 6.07) is 7.86. The Hall–Kier alpha value is -1.81. The first-order chi connectivity index (χ1) is 10.2. The zero-order valence-electron chi connectivity index (χ0n) is 11.7. The molecule has 1 atom stereocenters. The molecule has 0 fully saturated rings. The van der Waals surface area contributed by atoms with Gasteiger partial charge in [-0.2, -0.15) is 5.10 Å². The van der Waals surface area contributed by atoms with Crippen LogP contribution < -0.4 is 5.32 Å². The fourth-order valence-electron chi connectivity index (χ4n) is 2.74. The van der Waals surface area contributed by atoms with Gasteiger partial charge < -0.3 is 5.32 Å². The maximum Gasteiger partial charge on any atom is 0.220 e. The predicted octanol–water partition coefficient (Wildman–Crippen LogP) is 2.67. The Labute approximate surface area is 128 Å². The molecule has 4 nitrogen and oxygen atoms in total. The number of fused-ring (bicyclic) bond motifs is 1. The molecule has 1 heterocycles. The van der Waals surface area contributed by atoms with Crippen molar-refractivity contribution in [2.24, 2.45) is 0 Å². The molecule has 3 rings (SSSR count). The smallest absolute Gasteiger partial charge is 0.220 e. The number of aromatic amines is 1. The van der Waals surface area contributed by atoms with Gasteiger partial charge in [0.2, 0.25) is 5.91 Å². The summed E-state index contributed by atoms with van der Waals surface area (Å²) in [5.41, 5.74) is 3.57. The van der Waals surface area contributed by atoms with Crippen molar-refractivity contribution in [3.05, 3.63) is 52.3 Å². The summed E-state index contributed by atoms with van der Waals surface area (Å²) < 4.78 is 0. The number of carbonyl (C=O) groups excluding carboxylic acids is 1. The van der Waals surface area contributed by atoms with Gasteiger partial charge in [-0.25, -0.2) is 0 Å². The number of hydrogen-bond donors (Lipinski definition) is 2. The minimum Gasteiger partial charge on any atom is -0.353 e. The Morgan fingerprint density at radius 3 is 3.00 bits per heavy atom. The molecule has 5 heteroatoms. The molecule has 1 unspecified atom stereocenters. The average Bonchev–Trinajstić information content (AvgIpc) is 2.94. The van der Waals surface area contributed by atoms with Crippen molar-refractivity contribution < 1.29 is 4.79 Å². The molecule has 1 amide bonds. The van der Waals surface area contributed by atoms with Crippen molar-refractivity contribution in [2.75, 3.05) is 0 Å². The molecule has 0 bridgehead atoms. The number of carbonyl (C=O) groups is 1. The summed E-state index contributed by atoms with van der Waals surface area (Å²) in [7, 11) is 0. The Balaban J connectivity index is 1.47. The molecule has 2 aromatic rings. The molecular weight excluding hydrogens is 286 g/mol. The number of benzene rings is 1. The van der Waals surface area contributed by atoms with Gasteiger partial charge in [0.1, 0.15) is 0 Å². The first kappa shape index (κ1) is 14.1. The first-order valence-corrected chi connectivity index (χ1v) is 7.63. The van der Waals surface area contributed by atoms with Crippen molar-refractivity contribution in [2.45, 2.75) is 38.1 Å². The van der Waals surface area contributed by atoms with Crippen molar-refractivity contribution in [1.29, 1.82) is 0 Å². The van der Waals surface area contributed by atoms with E-state index in [9.17, 15) is 4.79 Å². The van der Waals surface area contributed by atoms with Gasteiger partial charge in [0.05, 0.1) is 6.20 Å². The Morgan fingerprint density at radius 1 is 1.38 bits per heavy atom. The standard InChI is InChI=1S/C16H18ClN3O/c17-13-5-1-11(2-6-13)3-8-16(21)19-14-7-4-12-10-18-20-15(12)9-14/h1-2,5-6,10,14H,3-4,7-9H2,(H,18,20)(H,19,21). The van der Waals surface area contributed by atoms with Crippen molar-refractivity contribution >= 4 is 17.5 Å². The number of halogens is 1. The highest BCUT2D eigenvalue weighted by Crippen LogP contribution is 2.19. The summed E-state index contributed by atoms with van der Waals surface area (Å²) in [6.45, 7) is 0. The van der Waals surface area contributed by atoms with E-state index in [1.54, 1.807) is 0 Å². The monoisotopic (exact) mass is 303 g/mol. The number of nitrogens with one attached hydrogen (secondary N) is 2. The molecule has 0 saturated heterocycles. The molecule has 1 aromatic heterocycles. The molecule has 0 radical (unpaired) electrons. The molecule has 110 valence electrons. The summed E-state index contributed by atoms with van der Waals surface area (Å²) in [5.74, 6) is 0.109. The highest BCUT2D eigenvalue weighted by atomic mass is 35.5. The summed E-state index contributed by atoms with van der Waals surface area (Å²) in [5, 5.41) is 10.9. The van der Waals surface area contributed by atoms with Crippen LogP contribution in [-0.2, 0) is 24.1 Å². The topological polar surface area (TPSA) is 57.8 Å².